The summed E-state index contributed by atoms with van der Waals surface area (Å²) in [6, 6.07) is -6.34. The molecule has 0 aromatic rings. The zero-order valence-electron chi connectivity index (χ0n) is 57.2. The molecule has 18 N–H and O–H groups in total. The van der Waals surface area contributed by atoms with Gasteiger partial charge in [0.25, 0.3) is 0 Å². The fourth-order valence-electron chi connectivity index (χ4n) is 10.2. The molecule has 3 heterocycles. The first-order chi connectivity index (χ1) is 47.5. The minimum Gasteiger partial charge on any atom is -0.778 e. The van der Waals surface area contributed by atoms with E-state index in [4.69, 9.17) is 47.2 Å². The van der Waals surface area contributed by atoms with Crippen LogP contribution in [-0.2, 0) is 94.9 Å². The molecule has 578 valence electrons. The highest BCUT2D eigenvalue weighted by Crippen LogP contribution is 2.42. The van der Waals surface area contributed by atoms with Gasteiger partial charge in [0.1, 0.15) is 92.7 Å². The Bertz CT molecular complexity index is 2520. The van der Waals surface area contributed by atoms with Crippen molar-refractivity contribution in [1.29, 1.82) is 0 Å². The van der Waals surface area contributed by atoms with Crippen molar-refractivity contribution >= 4 is 60.8 Å². The van der Waals surface area contributed by atoms with Crippen LogP contribution in [0.2, 0.25) is 0 Å². The van der Waals surface area contributed by atoms with Gasteiger partial charge >= 0.3 is 0 Å². The fourth-order valence-corrected chi connectivity index (χ4v) is 10.9. The lowest BCUT2D eigenvalue weighted by atomic mass is 9.97. The molecule has 3 aliphatic rings. The van der Waals surface area contributed by atoms with Gasteiger partial charge in [0.15, 0.2) is 18.9 Å². The Kier molecular flexibility index (Phi) is 43.2. The molecule has 0 aliphatic carbocycles. The highest BCUT2D eigenvalue weighted by atomic mass is 31.2. The van der Waals surface area contributed by atoms with Gasteiger partial charge in [-0.2, -0.15) is 0 Å². The summed E-state index contributed by atoms with van der Waals surface area (Å²) in [5.74, 6) is -5.55. The van der Waals surface area contributed by atoms with Crippen molar-refractivity contribution in [3.63, 3.8) is 0 Å². The van der Waals surface area contributed by atoms with Crippen LogP contribution in [0.3, 0.4) is 0 Å². The Morgan fingerprint density at radius 2 is 0.760 bits per heavy atom. The van der Waals surface area contributed by atoms with Crippen LogP contribution in [0.4, 0.5) is 0 Å². The quantitative estimate of drug-likeness (QED) is 0.0199. The van der Waals surface area contributed by atoms with Crippen LogP contribution < -0.4 is 52.7 Å². The number of carbonyl (C=O) groups is 9. The van der Waals surface area contributed by atoms with Crippen LogP contribution in [0.5, 0.6) is 0 Å². The van der Waals surface area contributed by atoms with E-state index >= 15 is 0 Å². The number of nitrogens with one attached hydrogen (secondary N) is 9. The molecule has 0 saturated carbocycles. The van der Waals surface area contributed by atoms with E-state index in [1.807, 2.05) is 0 Å². The third-order valence-electron chi connectivity index (χ3n) is 15.7. The molecule has 18 atom stereocenters. The van der Waals surface area contributed by atoms with E-state index in [0.29, 0.717) is 32.2 Å². The first-order valence-electron chi connectivity index (χ1n) is 33.4. The van der Waals surface area contributed by atoms with Crippen molar-refractivity contribution in [2.45, 2.75) is 215 Å². The average molecular weight is 1470 g/mol. The van der Waals surface area contributed by atoms with Gasteiger partial charge in [-0.05, 0) is 32.1 Å². The fraction of sp³-hybridized carbons (Fsp3) is 0.850. The lowest BCUT2D eigenvalue weighted by Gasteiger charge is -2.42. The molecule has 9 amide bonds. The minimum atomic E-state index is -3.91. The van der Waals surface area contributed by atoms with Crippen LogP contribution in [-0.4, -0.2) is 321 Å². The number of ether oxygens (including phenoxy) is 9. The molecule has 16 unspecified atom stereocenters. The number of unbranched alkanes of at least 4 members (excludes halogenated alkanes) is 3. The Morgan fingerprint density at radius 1 is 0.420 bits per heavy atom. The molecule has 0 radical (unpaired) electrons. The zero-order chi connectivity index (χ0) is 74.3. The molecule has 3 fully saturated rings. The molecular formula is C60H107N9O30P-. The summed E-state index contributed by atoms with van der Waals surface area (Å²) in [5.41, 5.74) is -0.632. The Balaban J connectivity index is 1.64. The first kappa shape index (κ1) is 88.9. The number of amides is 9. The molecule has 0 spiro atoms. The molecule has 40 heteroatoms. The van der Waals surface area contributed by atoms with E-state index < -0.39 is 191 Å². The van der Waals surface area contributed by atoms with Crippen molar-refractivity contribution in [1.82, 2.24) is 47.9 Å². The second kappa shape index (κ2) is 48.6. The smallest absolute Gasteiger partial charge is 0.242 e. The summed E-state index contributed by atoms with van der Waals surface area (Å²) < 4.78 is 67.1. The summed E-state index contributed by atoms with van der Waals surface area (Å²) >= 11 is 0. The zero-order valence-corrected chi connectivity index (χ0v) is 58.1. The van der Waals surface area contributed by atoms with Crippen molar-refractivity contribution in [3.05, 3.63) is 0 Å². The normalized spacial score (nSPS) is 26.4. The van der Waals surface area contributed by atoms with Gasteiger partial charge in [-0.25, -0.2) is 0 Å². The Morgan fingerprint density at radius 3 is 1.14 bits per heavy atom. The maximum Gasteiger partial charge on any atom is 0.242 e. The third kappa shape index (κ3) is 33.4. The number of rotatable bonds is 50. The maximum atomic E-state index is 13.8. The number of carbonyl (C=O) groups excluding carboxylic acids is 9. The molecule has 100 heavy (non-hydrogen) atoms. The number of aliphatic hydroxyl groups is 9. The van der Waals surface area contributed by atoms with Gasteiger partial charge in [-0.15, -0.1) is 0 Å². The van der Waals surface area contributed by atoms with Crippen molar-refractivity contribution in [2.75, 3.05) is 112 Å². The molecule has 3 saturated heterocycles. The minimum absolute atomic E-state index is 0.0408. The van der Waals surface area contributed by atoms with E-state index in [1.165, 1.54) is 34.6 Å². The van der Waals surface area contributed by atoms with Crippen molar-refractivity contribution < 1.29 is 146 Å². The van der Waals surface area contributed by atoms with E-state index in [0.717, 1.165) is 0 Å². The van der Waals surface area contributed by atoms with E-state index in [1.54, 1.807) is 0 Å². The molecule has 0 aromatic heterocycles. The largest absolute Gasteiger partial charge is 0.778 e. The molecule has 0 aromatic carbocycles. The van der Waals surface area contributed by atoms with E-state index in [9.17, 15) is 98.6 Å². The Hall–Kier alpha value is -5.34. The molecule has 0 bridgehead atoms. The van der Waals surface area contributed by atoms with Gasteiger partial charge in [-0.3, -0.25) is 43.2 Å². The highest BCUT2D eigenvalue weighted by molar-refractivity contribution is 7.52. The van der Waals surface area contributed by atoms with Gasteiger partial charge < -0.3 is 150 Å². The third-order valence-corrected chi connectivity index (χ3v) is 17.5. The lowest BCUT2D eigenvalue weighted by Crippen LogP contribution is -2.64. The topological polar surface area (TPSA) is 576 Å². The predicted octanol–water partition coefficient (Wildman–Crippen LogP) is -8.38. The second-order valence-electron chi connectivity index (χ2n) is 24.1. The van der Waals surface area contributed by atoms with Crippen LogP contribution in [0.25, 0.3) is 0 Å². The number of aliphatic hydroxyl groups excluding tert-OH is 9. The summed E-state index contributed by atoms with van der Waals surface area (Å²) in [6.07, 6.45) is -15.9. The Labute approximate surface area is 579 Å². The number of hydrogen-bond donors (Lipinski definition) is 18. The highest BCUT2D eigenvalue weighted by Gasteiger charge is 2.48. The summed E-state index contributed by atoms with van der Waals surface area (Å²) in [7, 11) is -3.91. The molecular weight excluding hydrogens is 1360 g/mol. The van der Waals surface area contributed by atoms with E-state index in [2.05, 4.69) is 47.9 Å². The van der Waals surface area contributed by atoms with Gasteiger partial charge in [0.2, 0.25) is 53.2 Å². The van der Waals surface area contributed by atoms with Crippen LogP contribution in [0, 0.1) is 0 Å². The second-order valence-corrected chi connectivity index (χ2v) is 26.5. The van der Waals surface area contributed by atoms with Crippen LogP contribution >= 0.6 is 7.60 Å². The summed E-state index contributed by atoms with van der Waals surface area (Å²) in [6.45, 7) is 3.52. The summed E-state index contributed by atoms with van der Waals surface area (Å²) in [4.78, 5) is 128. The molecule has 3 rings (SSSR count). The first-order valence-corrected chi connectivity index (χ1v) is 35.1. The predicted molar refractivity (Wildman–Crippen MR) is 342 cm³/mol. The standard InChI is InChI=1S/C60H108N9O30P/c1-34(2)100(88,89)96-21-9-7-6-8-17-61-43(76)11-10-12-45(78)68-39(57(87)64-20-24-92-27-30-95-60-49(67-37(5)75)55(85)52(82)42(33-72)99-60)14-16-46(79)69-38(56(86)63-19-23-91-26-29-94-59-48(66-36(4)74)54(84)51(81)41(32-71)98-59)13-15-44(77)62-18-22-90-25-28-93-58-47(65-35(3)73)53(83)50(80)40(31-70)97-58/h34,38-42,47-55,58-60,70-72,80-85H,6-33H2,1-5H3,(H,61,76)(H,62,77)(H,63,86)(H,64,87)(H,65,73)(H,66,74)(H,67,75)(H,68,78)(H,69,79)(H,88,89)/p-1/t38-,39-,40?,41?,42?,47?,48?,49?,50?,51?,52?,53?,54?,55?,58?,59?,60?/m0/s1. The van der Waals surface area contributed by atoms with Gasteiger partial charge in [-0.1, -0.05) is 26.7 Å². The number of hydrogen-bond acceptors (Lipinski definition) is 30. The lowest BCUT2D eigenvalue weighted by molar-refractivity contribution is -0.272. The van der Waals surface area contributed by atoms with Gasteiger partial charge in [0, 0.05) is 78.3 Å². The van der Waals surface area contributed by atoms with Crippen LogP contribution in [0.15, 0.2) is 0 Å². The monoisotopic (exact) mass is 1460 g/mol. The average Bonchev–Trinajstić information content (AvgIpc) is 0.822. The van der Waals surface area contributed by atoms with Crippen molar-refractivity contribution in [3.8, 4) is 0 Å². The SMILES string of the molecule is CC(=O)NC1C(OCCOCCNC(=O)CC[C@H](NC(=O)CC[C@H](NC(=O)CCCC(=O)NCCCCCCOP(=O)([O-])C(C)C)C(=O)NCCOCCOC2OC(CO)C(O)C(O)C2NC(C)=O)C(=O)NCCOCCOC2OC(CO)C(O)C(O)C2NC(C)=O)OC(CO)C(O)C1O. The molecule has 3 aliphatic heterocycles. The van der Waals surface area contributed by atoms with Gasteiger partial charge in [0.05, 0.1) is 85.9 Å². The summed E-state index contributed by atoms with van der Waals surface area (Å²) in [5, 5.41) is 114. The van der Waals surface area contributed by atoms with Crippen molar-refractivity contribution in [2.24, 2.45) is 0 Å². The van der Waals surface area contributed by atoms with Crippen LogP contribution in [0.1, 0.15) is 105 Å². The molecule has 39 nitrogen and oxygen atoms in total. The van der Waals surface area contributed by atoms with E-state index in [-0.39, 0.29) is 130 Å². The maximum absolute atomic E-state index is 13.8.